The number of halogens is 1. The van der Waals surface area contributed by atoms with Gasteiger partial charge in [0, 0.05) is 23.2 Å². The summed E-state index contributed by atoms with van der Waals surface area (Å²) in [5, 5.41) is 7.93. The van der Waals surface area contributed by atoms with Crippen molar-refractivity contribution in [2.45, 2.75) is 33.9 Å². The van der Waals surface area contributed by atoms with Gasteiger partial charge in [0.05, 0.1) is 5.69 Å². The van der Waals surface area contributed by atoms with Gasteiger partial charge in [-0.05, 0) is 31.5 Å². The molecule has 0 bridgehead atoms. The van der Waals surface area contributed by atoms with Gasteiger partial charge in [-0.15, -0.1) is 0 Å². The molecule has 0 atom stereocenters. The van der Waals surface area contributed by atoms with Crippen LogP contribution in [0.4, 0.5) is 0 Å². The van der Waals surface area contributed by atoms with E-state index >= 15 is 0 Å². The van der Waals surface area contributed by atoms with E-state index in [0.717, 1.165) is 23.6 Å². The number of nitrogens with zero attached hydrogens (tertiary/aromatic N) is 1. The van der Waals surface area contributed by atoms with Gasteiger partial charge < -0.3 is 14.6 Å². The lowest BCUT2D eigenvalue weighted by atomic mass is 10.1. The number of benzene rings is 1. The van der Waals surface area contributed by atoms with Crippen LogP contribution in [-0.2, 0) is 13.2 Å². The number of aryl methyl sites for hydroxylation is 1. The molecule has 0 aliphatic carbocycles. The lowest BCUT2D eigenvalue weighted by Gasteiger charge is -2.13. The van der Waals surface area contributed by atoms with Gasteiger partial charge in [-0.1, -0.05) is 36.7 Å². The van der Waals surface area contributed by atoms with Gasteiger partial charge >= 0.3 is 0 Å². The molecule has 2 rings (SSSR count). The van der Waals surface area contributed by atoms with Crippen molar-refractivity contribution < 1.29 is 9.26 Å². The summed E-state index contributed by atoms with van der Waals surface area (Å²) in [6, 6.07) is 7.54. The largest absolute Gasteiger partial charge is 0.485 e. The number of nitrogens with one attached hydrogen (secondary N) is 1. The summed E-state index contributed by atoms with van der Waals surface area (Å²) in [5.74, 6) is 2.07. The maximum Gasteiger partial charge on any atom is 0.174 e. The highest BCUT2D eigenvalue weighted by Crippen LogP contribution is 2.27. The average Bonchev–Trinajstić information content (AvgIpc) is 2.84. The fraction of sp³-hybridized carbons (Fsp3) is 0.438. The minimum Gasteiger partial charge on any atom is -0.485 e. The van der Waals surface area contributed by atoms with Gasteiger partial charge in [-0.25, -0.2) is 0 Å². The van der Waals surface area contributed by atoms with E-state index in [0.29, 0.717) is 29.9 Å². The molecule has 0 fully saturated rings. The molecule has 0 spiro atoms. The maximum atomic E-state index is 6.27. The summed E-state index contributed by atoms with van der Waals surface area (Å²) in [6.45, 7) is 8.19. The molecule has 0 unspecified atom stereocenters. The Morgan fingerprint density at radius 2 is 2.19 bits per heavy atom. The number of aromatic nitrogens is 1. The zero-order chi connectivity index (χ0) is 15.2. The van der Waals surface area contributed by atoms with Crippen molar-refractivity contribution >= 4 is 11.6 Å². The number of rotatable bonds is 7. The van der Waals surface area contributed by atoms with E-state index < -0.39 is 0 Å². The van der Waals surface area contributed by atoms with Crippen LogP contribution >= 0.6 is 11.6 Å². The summed E-state index contributed by atoms with van der Waals surface area (Å²) < 4.78 is 11.0. The van der Waals surface area contributed by atoms with Crippen LogP contribution < -0.4 is 10.1 Å². The van der Waals surface area contributed by atoms with Crippen LogP contribution in [-0.4, -0.2) is 11.7 Å². The Morgan fingerprint density at radius 1 is 1.38 bits per heavy atom. The summed E-state index contributed by atoms with van der Waals surface area (Å²) >= 11 is 6.27. The van der Waals surface area contributed by atoms with E-state index in [4.69, 9.17) is 20.9 Å². The molecule has 0 aliphatic rings. The first kappa shape index (κ1) is 15.9. The fourth-order valence-corrected chi connectivity index (χ4v) is 2.20. The monoisotopic (exact) mass is 308 g/mol. The molecular weight excluding hydrogens is 288 g/mol. The smallest absolute Gasteiger partial charge is 0.174 e. The molecule has 1 aromatic heterocycles. The van der Waals surface area contributed by atoms with Gasteiger partial charge in [0.15, 0.2) is 5.76 Å². The van der Waals surface area contributed by atoms with E-state index in [1.54, 1.807) is 0 Å². The normalized spacial score (nSPS) is 11.1. The Bertz CT molecular complexity index is 581. The third-order valence-corrected chi connectivity index (χ3v) is 3.33. The highest BCUT2D eigenvalue weighted by Gasteiger charge is 2.10. The molecule has 1 aromatic carbocycles. The zero-order valence-corrected chi connectivity index (χ0v) is 13.4. The minimum atomic E-state index is 0.346. The molecule has 5 heteroatoms. The summed E-state index contributed by atoms with van der Waals surface area (Å²) in [7, 11) is 0. The SMILES string of the molecule is Cc1cc(COc2cccc(Cl)c2CNCC(C)C)on1. The minimum absolute atomic E-state index is 0.346. The second kappa shape index (κ2) is 7.48. The first-order valence-electron chi connectivity index (χ1n) is 7.09. The van der Waals surface area contributed by atoms with Crippen molar-refractivity contribution in [3.8, 4) is 5.75 Å². The topological polar surface area (TPSA) is 47.3 Å². The lowest BCUT2D eigenvalue weighted by Crippen LogP contribution is -2.19. The third-order valence-electron chi connectivity index (χ3n) is 2.98. The van der Waals surface area contributed by atoms with Gasteiger partial charge in [0.2, 0.25) is 0 Å². The number of hydrogen-bond donors (Lipinski definition) is 1. The Morgan fingerprint density at radius 3 is 2.86 bits per heavy atom. The molecule has 0 saturated carbocycles. The summed E-state index contributed by atoms with van der Waals surface area (Å²) in [4.78, 5) is 0. The fourth-order valence-electron chi connectivity index (χ4n) is 1.96. The van der Waals surface area contributed by atoms with E-state index in [-0.39, 0.29) is 0 Å². The zero-order valence-electron chi connectivity index (χ0n) is 12.6. The first-order chi connectivity index (χ1) is 10.1. The van der Waals surface area contributed by atoms with Gasteiger partial charge in [-0.2, -0.15) is 0 Å². The van der Waals surface area contributed by atoms with Crippen LogP contribution in [0.3, 0.4) is 0 Å². The van der Waals surface area contributed by atoms with Gasteiger partial charge in [-0.3, -0.25) is 0 Å². The molecule has 0 saturated heterocycles. The van der Waals surface area contributed by atoms with Crippen LogP contribution in [0.15, 0.2) is 28.8 Å². The Balaban J connectivity index is 2.02. The van der Waals surface area contributed by atoms with Gasteiger partial charge in [0.1, 0.15) is 12.4 Å². The van der Waals surface area contributed by atoms with Gasteiger partial charge in [0.25, 0.3) is 0 Å². The first-order valence-corrected chi connectivity index (χ1v) is 7.47. The Hall–Kier alpha value is -1.52. The molecule has 4 nitrogen and oxygen atoms in total. The van der Waals surface area contributed by atoms with Crippen molar-refractivity contribution in [2.75, 3.05) is 6.54 Å². The van der Waals surface area contributed by atoms with Crippen LogP contribution in [0.5, 0.6) is 5.75 Å². The molecule has 0 radical (unpaired) electrons. The summed E-state index contributed by atoms with van der Waals surface area (Å²) in [6.07, 6.45) is 0. The molecule has 114 valence electrons. The van der Waals surface area contributed by atoms with Crippen molar-refractivity contribution in [1.82, 2.24) is 10.5 Å². The van der Waals surface area contributed by atoms with E-state index in [1.807, 2.05) is 31.2 Å². The second-order valence-electron chi connectivity index (χ2n) is 5.46. The molecule has 0 amide bonds. The summed E-state index contributed by atoms with van der Waals surface area (Å²) in [5.41, 5.74) is 1.81. The average molecular weight is 309 g/mol. The van der Waals surface area contributed by atoms with E-state index in [1.165, 1.54) is 0 Å². The van der Waals surface area contributed by atoms with Crippen molar-refractivity contribution in [1.29, 1.82) is 0 Å². The molecule has 1 N–H and O–H groups in total. The molecule has 0 aliphatic heterocycles. The highest BCUT2D eigenvalue weighted by molar-refractivity contribution is 6.31. The second-order valence-corrected chi connectivity index (χ2v) is 5.87. The third kappa shape index (κ3) is 4.76. The predicted molar refractivity (Wildman–Crippen MR) is 83.6 cm³/mol. The predicted octanol–water partition coefficient (Wildman–Crippen LogP) is 3.96. The molecule has 1 heterocycles. The van der Waals surface area contributed by atoms with Crippen molar-refractivity contribution in [2.24, 2.45) is 5.92 Å². The van der Waals surface area contributed by atoms with Crippen LogP contribution in [0.1, 0.15) is 30.9 Å². The standard InChI is InChI=1S/C16H21ClN2O2/c1-11(2)8-18-9-14-15(17)5-4-6-16(14)20-10-13-7-12(3)19-21-13/h4-7,11,18H,8-10H2,1-3H3. The molecule has 21 heavy (non-hydrogen) atoms. The van der Waals surface area contributed by atoms with Crippen molar-refractivity contribution in [3.63, 3.8) is 0 Å². The maximum absolute atomic E-state index is 6.27. The van der Waals surface area contributed by atoms with Crippen LogP contribution in [0, 0.1) is 12.8 Å². The molecule has 2 aromatic rings. The molecular formula is C16H21ClN2O2. The quantitative estimate of drug-likeness (QED) is 0.841. The lowest BCUT2D eigenvalue weighted by molar-refractivity contribution is 0.246. The van der Waals surface area contributed by atoms with E-state index in [9.17, 15) is 0 Å². The van der Waals surface area contributed by atoms with Crippen LogP contribution in [0.25, 0.3) is 0 Å². The number of ether oxygens (including phenoxy) is 1. The van der Waals surface area contributed by atoms with E-state index in [2.05, 4.69) is 24.3 Å². The Labute approximate surface area is 130 Å². The highest BCUT2D eigenvalue weighted by atomic mass is 35.5. The van der Waals surface area contributed by atoms with Crippen LogP contribution in [0.2, 0.25) is 5.02 Å². The van der Waals surface area contributed by atoms with Crippen molar-refractivity contribution in [3.05, 3.63) is 46.3 Å². The number of hydrogen-bond acceptors (Lipinski definition) is 4. The Kier molecular flexibility index (Phi) is 5.65.